The zero-order valence-electron chi connectivity index (χ0n) is 12.0. The van der Waals surface area contributed by atoms with E-state index in [-0.39, 0.29) is 12.1 Å². The molecule has 7 heteroatoms. The molecule has 0 atom stereocenters. The maximum absolute atomic E-state index is 11.8. The number of fused-ring (bicyclic) bond motifs is 1. The number of aromatic amines is 1. The molecule has 0 aliphatic rings. The molecule has 0 saturated heterocycles. The van der Waals surface area contributed by atoms with Gasteiger partial charge in [-0.1, -0.05) is 15.9 Å². The summed E-state index contributed by atoms with van der Waals surface area (Å²) in [5, 5.41) is 16.9. The fraction of sp³-hybridized carbons (Fsp3) is 0.357. The monoisotopic (exact) mass is 353 g/mol. The third kappa shape index (κ3) is 3.24. The average Bonchev–Trinajstić information content (AvgIpc) is 2.35. The first-order chi connectivity index (χ1) is 9.70. The van der Waals surface area contributed by atoms with Gasteiger partial charge in [0.15, 0.2) is 0 Å². The third-order valence-corrected chi connectivity index (χ3v) is 3.67. The first-order valence-corrected chi connectivity index (χ1v) is 7.17. The largest absolute Gasteiger partial charge is 0.465 e. The van der Waals surface area contributed by atoms with Gasteiger partial charge in [-0.3, -0.25) is 9.69 Å². The Morgan fingerprint density at radius 2 is 2.05 bits per heavy atom. The quantitative estimate of drug-likeness (QED) is 0.868. The minimum absolute atomic E-state index is 0.0998. The van der Waals surface area contributed by atoms with Crippen molar-refractivity contribution in [2.45, 2.75) is 32.9 Å². The molecule has 6 nitrogen and oxygen atoms in total. The van der Waals surface area contributed by atoms with Crippen molar-refractivity contribution in [2.24, 2.45) is 0 Å². The second kappa shape index (κ2) is 5.48. The number of carbonyl (C=O) groups is 1. The number of halogens is 1. The molecule has 2 rings (SSSR count). The van der Waals surface area contributed by atoms with Crippen LogP contribution < -0.4 is 5.56 Å². The lowest BCUT2D eigenvalue weighted by Crippen LogP contribution is -2.44. The number of amides is 1. The van der Waals surface area contributed by atoms with Gasteiger partial charge in [0.25, 0.3) is 5.56 Å². The van der Waals surface area contributed by atoms with Crippen molar-refractivity contribution in [2.75, 3.05) is 0 Å². The van der Waals surface area contributed by atoms with Gasteiger partial charge >= 0.3 is 6.09 Å². The SMILES string of the molecule is CC(C)(C)N(Cc1n[nH]c(=O)c2ccc(Br)cc12)C(=O)O. The van der Waals surface area contributed by atoms with Crippen molar-refractivity contribution in [3.05, 3.63) is 38.7 Å². The molecular formula is C14H16BrN3O3. The summed E-state index contributed by atoms with van der Waals surface area (Å²) in [6.07, 6.45) is -1.03. The third-order valence-electron chi connectivity index (χ3n) is 3.18. The second-order valence-corrected chi connectivity index (χ2v) is 6.64. The molecule has 1 amide bonds. The average molecular weight is 354 g/mol. The van der Waals surface area contributed by atoms with E-state index in [4.69, 9.17) is 0 Å². The van der Waals surface area contributed by atoms with E-state index < -0.39 is 11.6 Å². The molecule has 21 heavy (non-hydrogen) atoms. The van der Waals surface area contributed by atoms with Crippen LogP contribution >= 0.6 is 15.9 Å². The Balaban J connectivity index is 2.57. The van der Waals surface area contributed by atoms with Gasteiger partial charge in [0.05, 0.1) is 17.6 Å². The van der Waals surface area contributed by atoms with E-state index in [2.05, 4.69) is 26.1 Å². The van der Waals surface area contributed by atoms with Crippen LogP contribution in [0.4, 0.5) is 4.79 Å². The van der Waals surface area contributed by atoms with Gasteiger partial charge in [0, 0.05) is 15.4 Å². The number of aromatic nitrogens is 2. The summed E-state index contributed by atoms with van der Waals surface area (Å²) < 4.78 is 0.807. The number of hydrogen-bond acceptors (Lipinski definition) is 3. The van der Waals surface area contributed by atoms with Crippen LogP contribution in [0.3, 0.4) is 0 Å². The Bertz CT molecular complexity index is 749. The normalized spacial score (nSPS) is 11.6. The van der Waals surface area contributed by atoms with E-state index in [1.807, 2.05) is 20.8 Å². The standard InChI is InChI=1S/C14H16BrN3O3/c1-14(2,3)18(13(20)21)7-11-10-6-8(15)4-5-9(10)12(19)17-16-11/h4-6H,7H2,1-3H3,(H,17,19)(H,20,21). The van der Waals surface area contributed by atoms with E-state index in [1.165, 1.54) is 4.90 Å². The van der Waals surface area contributed by atoms with Gasteiger partial charge in [-0.05, 0) is 39.0 Å². The van der Waals surface area contributed by atoms with Gasteiger partial charge in [0.1, 0.15) is 0 Å². The van der Waals surface area contributed by atoms with Crippen LogP contribution in [0.2, 0.25) is 0 Å². The smallest absolute Gasteiger partial charge is 0.408 e. The van der Waals surface area contributed by atoms with Crippen LogP contribution in [-0.4, -0.2) is 31.8 Å². The highest BCUT2D eigenvalue weighted by atomic mass is 79.9. The van der Waals surface area contributed by atoms with Crippen molar-refractivity contribution in [3.8, 4) is 0 Å². The molecule has 112 valence electrons. The molecule has 0 aliphatic heterocycles. The Morgan fingerprint density at radius 1 is 1.38 bits per heavy atom. The van der Waals surface area contributed by atoms with Crippen LogP contribution in [0, 0.1) is 0 Å². The molecule has 0 saturated carbocycles. The molecule has 0 aliphatic carbocycles. The molecule has 1 aromatic carbocycles. The summed E-state index contributed by atoms with van der Waals surface area (Å²) in [6.45, 7) is 5.53. The molecule has 1 aromatic heterocycles. The molecule has 2 N–H and O–H groups in total. The number of H-pyrrole nitrogens is 1. The zero-order valence-corrected chi connectivity index (χ0v) is 13.6. The number of nitrogens with one attached hydrogen (secondary N) is 1. The Kier molecular flexibility index (Phi) is 4.04. The van der Waals surface area contributed by atoms with Gasteiger partial charge < -0.3 is 5.11 Å². The molecule has 0 fully saturated rings. The molecule has 2 aromatic rings. The number of rotatable bonds is 2. The first kappa shape index (κ1) is 15.5. The summed E-state index contributed by atoms with van der Waals surface area (Å²) in [4.78, 5) is 24.5. The summed E-state index contributed by atoms with van der Waals surface area (Å²) in [6, 6.07) is 5.22. The summed E-state index contributed by atoms with van der Waals surface area (Å²) >= 11 is 3.36. The Labute approximate surface area is 129 Å². The predicted molar refractivity (Wildman–Crippen MR) is 83.4 cm³/mol. The number of nitrogens with zero attached hydrogens (tertiary/aromatic N) is 2. The van der Waals surface area contributed by atoms with Crippen molar-refractivity contribution in [3.63, 3.8) is 0 Å². The van der Waals surface area contributed by atoms with Crippen molar-refractivity contribution < 1.29 is 9.90 Å². The molecule has 1 heterocycles. The zero-order chi connectivity index (χ0) is 15.8. The lowest BCUT2D eigenvalue weighted by atomic mass is 10.1. The fourth-order valence-corrected chi connectivity index (χ4v) is 2.42. The minimum Gasteiger partial charge on any atom is -0.465 e. The van der Waals surface area contributed by atoms with Crippen LogP contribution in [0.1, 0.15) is 26.5 Å². The Morgan fingerprint density at radius 3 is 2.62 bits per heavy atom. The highest BCUT2D eigenvalue weighted by Gasteiger charge is 2.27. The van der Waals surface area contributed by atoms with E-state index in [0.29, 0.717) is 16.5 Å². The Hall–Kier alpha value is -1.89. The molecule has 0 spiro atoms. The van der Waals surface area contributed by atoms with Gasteiger partial charge in [-0.25, -0.2) is 9.89 Å². The maximum Gasteiger partial charge on any atom is 0.408 e. The minimum atomic E-state index is -1.03. The maximum atomic E-state index is 11.8. The lowest BCUT2D eigenvalue weighted by molar-refractivity contribution is 0.0948. The van der Waals surface area contributed by atoms with E-state index in [9.17, 15) is 14.7 Å². The number of hydrogen-bond donors (Lipinski definition) is 2. The van der Waals surface area contributed by atoms with Gasteiger partial charge in [-0.15, -0.1) is 0 Å². The summed E-state index contributed by atoms with van der Waals surface area (Å²) in [7, 11) is 0. The fourth-order valence-electron chi connectivity index (χ4n) is 2.05. The van der Waals surface area contributed by atoms with E-state index >= 15 is 0 Å². The summed E-state index contributed by atoms with van der Waals surface area (Å²) in [5.74, 6) is 0. The summed E-state index contributed by atoms with van der Waals surface area (Å²) in [5.41, 5.74) is -0.343. The van der Waals surface area contributed by atoms with Crippen LogP contribution in [0.25, 0.3) is 10.8 Å². The molecule has 0 bridgehead atoms. The van der Waals surface area contributed by atoms with Gasteiger partial charge in [0.2, 0.25) is 0 Å². The number of carboxylic acid groups (broad SMARTS) is 1. The topological polar surface area (TPSA) is 86.3 Å². The second-order valence-electron chi connectivity index (χ2n) is 5.73. The van der Waals surface area contributed by atoms with E-state index in [0.717, 1.165) is 4.47 Å². The highest BCUT2D eigenvalue weighted by molar-refractivity contribution is 9.10. The molecular weight excluding hydrogens is 338 g/mol. The van der Waals surface area contributed by atoms with E-state index in [1.54, 1.807) is 18.2 Å². The number of benzene rings is 1. The molecule has 0 radical (unpaired) electrons. The van der Waals surface area contributed by atoms with Crippen molar-refractivity contribution in [1.29, 1.82) is 0 Å². The van der Waals surface area contributed by atoms with Crippen LogP contribution in [-0.2, 0) is 6.54 Å². The molecule has 0 unspecified atom stereocenters. The van der Waals surface area contributed by atoms with Crippen LogP contribution in [0.15, 0.2) is 27.5 Å². The highest BCUT2D eigenvalue weighted by Crippen LogP contribution is 2.23. The lowest BCUT2D eigenvalue weighted by Gasteiger charge is -2.32. The van der Waals surface area contributed by atoms with Gasteiger partial charge in [-0.2, -0.15) is 5.10 Å². The van der Waals surface area contributed by atoms with Crippen LogP contribution in [0.5, 0.6) is 0 Å². The van der Waals surface area contributed by atoms with Crippen molar-refractivity contribution >= 4 is 32.8 Å². The predicted octanol–water partition coefficient (Wildman–Crippen LogP) is 2.96. The van der Waals surface area contributed by atoms with Crippen molar-refractivity contribution in [1.82, 2.24) is 15.1 Å². The first-order valence-electron chi connectivity index (χ1n) is 6.37.